The number of nitrogens with one attached hydrogen (secondary N) is 2. The van der Waals surface area contributed by atoms with Crippen LogP contribution in [0.1, 0.15) is 30.5 Å². The Labute approximate surface area is 191 Å². The van der Waals surface area contributed by atoms with Crippen molar-refractivity contribution >= 4 is 50.6 Å². The zero-order valence-corrected chi connectivity index (χ0v) is 18.6. The molecule has 1 saturated heterocycles. The normalized spacial score (nSPS) is 16.1. The number of aryl methyl sites for hydroxylation is 1. The minimum absolute atomic E-state index is 0.0972. The Bertz CT molecular complexity index is 1450. The van der Waals surface area contributed by atoms with Crippen molar-refractivity contribution in [3.8, 4) is 5.13 Å². The summed E-state index contributed by atoms with van der Waals surface area (Å²) >= 11 is 1.36. The summed E-state index contributed by atoms with van der Waals surface area (Å²) in [5.74, 6) is -1.94. The van der Waals surface area contributed by atoms with Crippen molar-refractivity contribution in [1.82, 2.24) is 14.8 Å². The van der Waals surface area contributed by atoms with E-state index < -0.39 is 11.8 Å². The Kier molecular flexibility index (Phi) is 4.94. The highest BCUT2D eigenvalue weighted by atomic mass is 32.1. The number of para-hydroxylation sites is 1. The largest absolute Gasteiger partial charge is 0.326 e. The molecule has 2 aromatic carbocycles. The molecular weight excluding hydrogens is 442 g/mol. The van der Waals surface area contributed by atoms with Crippen LogP contribution in [-0.4, -0.2) is 32.5 Å². The maximum Gasteiger partial charge on any atom is 0.277 e. The monoisotopic (exact) mass is 461 g/mol. The van der Waals surface area contributed by atoms with E-state index in [9.17, 15) is 19.2 Å². The molecule has 166 valence electrons. The molecule has 3 heterocycles. The summed E-state index contributed by atoms with van der Waals surface area (Å²) in [4.78, 5) is 56.1. The van der Waals surface area contributed by atoms with Gasteiger partial charge in [-0.2, -0.15) is 4.68 Å². The highest BCUT2D eigenvalue weighted by molar-refractivity contribution is 7.20. The van der Waals surface area contributed by atoms with Crippen LogP contribution in [0.15, 0.2) is 53.3 Å². The topological polar surface area (TPSA) is 117 Å². The molecule has 9 nitrogen and oxygen atoms in total. The molecule has 10 heteroatoms. The maximum absolute atomic E-state index is 13.3. The molecule has 0 aliphatic carbocycles. The van der Waals surface area contributed by atoms with Gasteiger partial charge in [-0.05, 0) is 43.3 Å². The number of aromatic nitrogens is 3. The van der Waals surface area contributed by atoms with Crippen LogP contribution in [0.3, 0.4) is 0 Å². The number of amides is 3. The molecule has 1 atom stereocenters. The zero-order chi connectivity index (χ0) is 23.3. The zero-order valence-electron chi connectivity index (χ0n) is 17.8. The van der Waals surface area contributed by atoms with E-state index in [0.29, 0.717) is 22.2 Å². The van der Waals surface area contributed by atoms with Gasteiger partial charge in [-0.15, -0.1) is 0 Å². The van der Waals surface area contributed by atoms with E-state index in [1.165, 1.54) is 22.9 Å². The van der Waals surface area contributed by atoms with Crippen LogP contribution in [0, 0.1) is 6.92 Å². The van der Waals surface area contributed by atoms with E-state index in [4.69, 9.17) is 0 Å². The molecule has 0 radical (unpaired) electrons. The first-order valence-electron chi connectivity index (χ1n) is 10.3. The van der Waals surface area contributed by atoms with Crippen LogP contribution in [0.2, 0.25) is 0 Å². The van der Waals surface area contributed by atoms with E-state index in [1.54, 1.807) is 31.2 Å². The summed E-state index contributed by atoms with van der Waals surface area (Å²) in [6, 6.07) is 14.0. The van der Waals surface area contributed by atoms with Gasteiger partial charge in [0, 0.05) is 24.7 Å². The molecule has 1 unspecified atom stereocenters. The van der Waals surface area contributed by atoms with Crippen LogP contribution in [0.4, 0.5) is 11.4 Å². The van der Waals surface area contributed by atoms with E-state index in [-0.39, 0.29) is 29.4 Å². The van der Waals surface area contributed by atoms with Gasteiger partial charge in [-0.3, -0.25) is 29.2 Å². The molecule has 5 rings (SSSR count). The number of carbonyl (C=O) groups is 3. The van der Waals surface area contributed by atoms with Gasteiger partial charge in [-0.25, -0.2) is 4.98 Å². The van der Waals surface area contributed by atoms with Gasteiger partial charge in [0.15, 0.2) is 0 Å². The minimum atomic E-state index is -0.883. The second kappa shape index (κ2) is 7.82. The van der Waals surface area contributed by atoms with Crippen LogP contribution < -0.4 is 15.8 Å². The van der Waals surface area contributed by atoms with Crippen LogP contribution in [-0.2, 0) is 14.4 Å². The summed E-state index contributed by atoms with van der Waals surface area (Å²) in [5, 5.41) is 6.12. The van der Waals surface area contributed by atoms with Crippen LogP contribution >= 0.6 is 11.3 Å². The molecule has 0 spiro atoms. The fourth-order valence-corrected chi connectivity index (χ4v) is 5.01. The van der Waals surface area contributed by atoms with Crippen molar-refractivity contribution in [2.45, 2.75) is 26.2 Å². The number of rotatable bonds is 4. The molecule has 4 aromatic rings. The van der Waals surface area contributed by atoms with Gasteiger partial charge in [-0.1, -0.05) is 23.5 Å². The predicted molar refractivity (Wildman–Crippen MR) is 125 cm³/mol. The Balaban J connectivity index is 1.48. The predicted octanol–water partition coefficient (Wildman–Crippen LogP) is 3.09. The fraction of sp³-hybridized carbons (Fsp3) is 0.174. The van der Waals surface area contributed by atoms with E-state index in [2.05, 4.69) is 15.4 Å². The summed E-state index contributed by atoms with van der Waals surface area (Å²) in [5.41, 5.74) is 2.13. The van der Waals surface area contributed by atoms with E-state index >= 15 is 0 Å². The molecule has 0 bridgehead atoms. The third-order valence-corrected chi connectivity index (χ3v) is 6.55. The van der Waals surface area contributed by atoms with Gasteiger partial charge in [0.1, 0.15) is 0 Å². The van der Waals surface area contributed by atoms with Crippen molar-refractivity contribution in [2.75, 3.05) is 10.2 Å². The van der Waals surface area contributed by atoms with Crippen LogP contribution in [0.5, 0.6) is 0 Å². The molecule has 33 heavy (non-hydrogen) atoms. The Morgan fingerprint density at radius 1 is 1.12 bits per heavy atom. The third kappa shape index (κ3) is 3.54. The van der Waals surface area contributed by atoms with Crippen molar-refractivity contribution in [2.24, 2.45) is 0 Å². The minimum Gasteiger partial charge on any atom is -0.326 e. The lowest BCUT2D eigenvalue weighted by Gasteiger charge is -2.15. The molecule has 3 amide bonds. The Morgan fingerprint density at radius 3 is 2.55 bits per heavy atom. The fourth-order valence-electron chi connectivity index (χ4n) is 4.09. The number of hydrogen-bond acceptors (Lipinski definition) is 6. The highest BCUT2D eigenvalue weighted by Gasteiger charge is 2.43. The average molecular weight is 462 g/mol. The second-order valence-electron chi connectivity index (χ2n) is 7.81. The van der Waals surface area contributed by atoms with Gasteiger partial charge in [0.05, 0.1) is 27.4 Å². The number of fused-ring (bicyclic) bond motifs is 1. The van der Waals surface area contributed by atoms with Gasteiger partial charge >= 0.3 is 0 Å². The van der Waals surface area contributed by atoms with Crippen molar-refractivity contribution in [1.29, 1.82) is 0 Å². The number of aromatic amines is 1. The van der Waals surface area contributed by atoms with Gasteiger partial charge in [0.25, 0.3) is 5.56 Å². The summed E-state index contributed by atoms with van der Waals surface area (Å²) in [7, 11) is 0. The number of hydrogen-bond donors (Lipinski definition) is 2. The number of carbonyl (C=O) groups excluding carboxylic acids is 3. The third-order valence-electron chi connectivity index (χ3n) is 5.53. The van der Waals surface area contributed by atoms with Crippen molar-refractivity contribution < 1.29 is 14.4 Å². The molecule has 2 aromatic heterocycles. The average Bonchev–Trinajstić information content (AvgIpc) is 3.41. The quantitative estimate of drug-likeness (QED) is 0.453. The molecule has 2 N–H and O–H groups in total. The Hall–Kier alpha value is -4.05. The first-order valence-corrected chi connectivity index (χ1v) is 11.1. The smallest absolute Gasteiger partial charge is 0.277 e. The highest BCUT2D eigenvalue weighted by Crippen LogP contribution is 2.34. The lowest BCUT2D eigenvalue weighted by atomic mass is 9.98. The first-order chi connectivity index (χ1) is 15.8. The standard InChI is InChI=1S/C23H19N5O4S/c1-12-20(22(32)28(26-12)23-25-17-5-3-4-6-18(17)33-23)16-11-19(30)27(21(16)31)15-9-7-14(8-10-15)24-13(2)29/h3-10,16,26H,11H2,1-2H3,(H,24,29). The van der Waals surface area contributed by atoms with Gasteiger partial charge < -0.3 is 5.32 Å². The second-order valence-corrected chi connectivity index (χ2v) is 8.82. The molecule has 0 saturated carbocycles. The van der Waals surface area contributed by atoms with Gasteiger partial charge in [0.2, 0.25) is 22.9 Å². The number of benzene rings is 2. The number of nitrogens with zero attached hydrogens (tertiary/aromatic N) is 3. The number of thiazole rings is 1. The summed E-state index contributed by atoms with van der Waals surface area (Å²) in [6.07, 6.45) is -0.0972. The van der Waals surface area contributed by atoms with Crippen molar-refractivity contribution in [3.63, 3.8) is 0 Å². The lowest BCUT2D eigenvalue weighted by molar-refractivity contribution is -0.121. The number of imide groups is 1. The summed E-state index contributed by atoms with van der Waals surface area (Å²) in [6.45, 7) is 3.11. The van der Waals surface area contributed by atoms with Crippen LogP contribution in [0.25, 0.3) is 15.3 Å². The number of H-pyrrole nitrogens is 1. The van der Waals surface area contributed by atoms with E-state index in [0.717, 1.165) is 15.1 Å². The first kappa shape index (κ1) is 20.8. The molecule has 1 aliphatic heterocycles. The maximum atomic E-state index is 13.3. The number of anilines is 2. The van der Waals surface area contributed by atoms with E-state index in [1.807, 2.05) is 24.3 Å². The lowest BCUT2D eigenvalue weighted by Crippen LogP contribution is -2.31. The molecule has 1 fully saturated rings. The Morgan fingerprint density at radius 2 is 1.85 bits per heavy atom. The molecular formula is C23H19N5O4S. The summed E-state index contributed by atoms with van der Waals surface area (Å²) < 4.78 is 2.27. The van der Waals surface area contributed by atoms with Crippen molar-refractivity contribution in [3.05, 3.63) is 70.1 Å². The SMILES string of the molecule is CC(=O)Nc1ccc(N2C(=O)CC(c3c(C)[nH]n(-c4nc5ccccc5s4)c3=O)C2=O)cc1. The molecule has 1 aliphatic rings.